The highest BCUT2D eigenvalue weighted by Crippen LogP contribution is 2.21. The van der Waals surface area contributed by atoms with E-state index >= 15 is 0 Å². The van der Waals surface area contributed by atoms with Gasteiger partial charge in [-0.05, 0) is 55.5 Å². The van der Waals surface area contributed by atoms with Crippen LogP contribution in [0.5, 0.6) is 5.75 Å². The second-order valence-corrected chi connectivity index (χ2v) is 7.24. The second kappa shape index (κ2) is 10.1. The summed E-state index contributed by atoms with van der Waals surface area (Å²) in [6.07, 6.45) is 6.98. The maximum absolute atomic E-state index is 12.3. The Kier molecular flexibility index (Phi) is 7.25. The number of hydrogen-bond donors (Lipinski definition) is 3. The van der Waals surface area contributed by atoms with E-state index in [-0.39, 0.29) is 18.1 Å². The molecule has 0 radical (unpaired) electrons. The molecule has 6 heteroatoms. The van der Waals surface area contributed by atoms with Crippen LogP contribution in [0, 0.1) is 0 Å². The minimum Gasteiger partial charge on any atom is -0.497 e. The van der Waals surface area contributed by atoms with E-state index in [0.29, 0.717) is 17.9 Å². The molecule has 1 aliphatic carbocycles. The number of aliphatic hydroxyl groups excluding tert-OH is 1. The molecule has 0 saturated heterocycles. The average Bonchev–Trinajstić information content (AvgIpc) is 2.73. The van der Waals surface area contributed by atoms with Crippen LogP contribution >= 0.6 is 0 Å². The standard InChI is InChI=1S/C22H29N3O3/c1-28-18-11-8-16(9-12-18)5-4-14-23-22(27)17-10-13-21(24-15-17)25-19-6-2-3-7-20(19)26/h8-13,15,19-20,26H,2-7,14H2,1H3,(H,23,27)(H,24,25)/t19-,20-/m1/s1. The monoisotopic (exact) mass is 383 g/mol. The Morgan fingerprint density at radius 1 is 1.18 bits per heavy atom. The van der Waals surface area contributed by atoms with Crippen molar-refractivity contribution in [1.82, 2.24) is 10.3 Å². The predicted octanol–water partition coefficient (Wildman–Crippen LogP) is 3.17. The molecule has 6 nitrogen and oxygen atoms in total. The number of carbonyl (C=O) groups is 1. The minimum atomic E-state index is -0.329. The summed E-state index contributed by atoms with van der Waals surface area (Å²) < 4.78 is 5.15. The highest BCUT2D eigenvalue weighted by atomic mass is 16.5. The van der Waals surface area contributed by atoms with E-state index in [1.807, 2.05) is 24.3 Å². The zero-order valence-corrected chi connectivity index (χ0v) is 16.4. The molecule has 1 aromatic heterocycles. The third-order valence-electron chi connectivity index (χ3n) is 5.18. The Hall–Kier alpha value is -2.60. The van der Waals surface area contributed by atoms with Crippen LogP contribution in [0.3, 0.4) is 0 Å². The molecule has 0 spiro atoms. The number of rotatable bonds is 8. The van der Waals surface area contributed by atoms with Crippen LogP contribution < -0.4 is 15.4 Å². The average molecular weight is 383 g/mol. The maximum Gasteiger partial charge on any atom is 0.252 e. The summed E-state index contributed by atoms with van der Waals surface area (Å²) in [6.45, 7) is 0.610. The molecule has 150 valence electrons. The van der Waals surface area contributed by atoms with Gasteiger partial charge < -0.3 is 20.5 Å². The van der Waals surface area contributed by atoms with E-state index in [4.69, 9.17) is 4.74 Å². The summed E-state index contributed by atoms with van der Waals surface area (Å²) in [4.78, 5) is 16.6. The lowest BCUT2D eigenvalue weighted by Crippen LogP contribution is -2.36. The Labute approximate surface area is 166 Å². The van der Waals surface area contributed by atoms with Crippen LogP contribution in [0.25, 0.3) is 0 Å². The van der Waals surface area contributed by atoms with E-state index in [1.54, 1.807) is 25.4 Å². The molecular weight excluding hydrogens is 354 g/mol. The molecule has 3 rings (SSSR count). The van der Waals surface area contributed by atoms with Gasteiger partial charge in [0.15, 0.2) is 0 Å². The number of aliphatic hydroxyl groups is 1. The van der Waals surface area contributed by atoms with Gasteiger partial charge in [0.25, 0.3) is 5.91 Å². The number of aryl methyl sites for hydroxylation is 1. The second-order valence-electron chi connectivity index (χ2n) is 7.24. The fraction of sp³-hybridized carbons (Fsp3) is 0.455. The Bertz CT molecular complexity index is 747. The van der Waals surface area contributed by atoms with Gasteiger partial charge in [-0.2, -0.15) is 0 Å². The Morgan fingerprint density at radius 3 is 2.64 bits per heavy atom. The highest BCUT2D eigenvalue weighted by Gasteiger charge is 2.23. The number of nitrogens with one attached hydrogen (secondary N) is 2. The Balaban J connectivity index is 1.41. The van der Waals surface area contributed by atoms with E-state index in [2.05, 4.69) is 15.6 Å². The highest BCUT2D eigenvalue weighted by molar-refractivity contribution is 5.94. The van der Waals surface area contributed by atoms with Gasteiger partial charge in [0, 0.05) is 12.7 Å². The van der Waals surface area contributed by atoms with Gasteiger partial charge in [0.05, 0.1) is 24.8 Å². The first kappa shape index (κ1) is 20.1. The molecule has 1 saturated carbocycles. The van der Waals surface area contributed by atoms with E-state index < -0.39 is 0 Å². The molecule has 3 N–H and O–H groups in total. The Morgan fingerprint density at radius 2 is 1.96 bits per heavy atom. The number of nitrogens with zero attached hydrogens (tertiary/aromatic N) is 1. The SMILES string of the molecule is COc1ccc(CCCNC(=O)c2ccc(N[C@@H]3CCCC[C@H]3O)nc2)cc1. The van der Waals surface area contributed by atoms with Crippen molar-refractivity contribution in [2.75, 3.05) is 19.0 Å². The molecule has 1 heterocycles. The number of methoxy groups -OCH3 is 1. The smallest absolute Gasteiger partial charge is 0.252 e. The van der Waals surface area contributed by atoms with Crippen molar-refractivity contribution < 1.29 is 14.6 Å². The third kappa shape index (κ3) is 5.70. The molecule has 2 aromatic rings. The molecule has 28 heavy (non-hydrogen) atoms. The fourth-order valence-corrected chi connectivity index (χ4v) is 3.47. The van der Waals surface area contributed by atoms with Crippen molar-refractivity contribution in [3.63, 3.8) is 0 Å². The number of hydrogen-bond acceptors (Lipinski definition) is 5. The predicted molar refractivity (Wildman–Crippen MR) is 110 cm³/mol. The lowest BCUT2D eigenvalue weighted by Gasteiger charge is -2.28. The number of pyridine rings is 1. The van der Waals surface area contributed by atoms with Crippen LogP contribution in [0.4, 0.5) is 5.82 Å². The number of aromatic nitrogens is 1. The van der Waals surface area contributed by atoms with E-state index in [0.717, 1.165) is 44.3 Å². The molecule has 1 fully saturated rings. The fourth-order valence-electron chi connectivity index (χ4n) is 3.47. The van der Waals surface area contributed by atoms with Crippen LogP contribution in [-0.4, -0.2) is 41.8 Å². The van der Waals surface area contributed by atoms with Gasteiger partial charge in [-0.25, -0.2) is 4.98 Å². The minimum absolute atomic E-state index is 0.0406. The lowest BCUT2D eigenvalue weighted by molar-refractivity contribution is 0.0952. The summed E-state index contributed by atoms with van der Waals surface area (Å²) in [7, 11) is 1.65. The van der Waals surface area contributed by atoms with Crippen molar-refractivity contribution in [1.29, 1.82) is 0 Å². The molecule has 0 unspecified atom stereocenters. The van der Waals surface area contributed by atoms with Gasteiger partial charge in [0.2, 0.25) is 0 Å². The number of amides is 1. The topological polar surface area (TPSA) is 83.5 Å². The number of benzene rings is 1. The maximum atomic E-state index is 12.3. The largest absolute Gasteiger partial charge is 0.497 e. The summed E-state index contributed by atoms with van der Waals surface area (Å²) in [5, 5.41) is 16.3. The van der Waals surface area contributed by atoms with Gasteiger partial charge in [0.1, 0.15) is 11.6 Å². The first-order valence-electron chi connectivity index (χ1n) is 9.97. The van der Waals surface area contributed by atoms with Crippen LogP contribution in [0.1, 0.15) is 48.0 Å². The molecule has 1 aromatic carbocycles. The van der Waals surface area contributed by atoms with Crippen LogP contribution in [0.2, 0.25) is 0 Å². The van der Waals surface area contributed by atoms with Crippen LogP contribution in [-0.2, 0) is 6.42 Å². The third-order valence-corrected chi connectivity index (χ3v) is 5.18. The summed E-state index contributed by atoms with van der Waals surface area (Å²) >= 11 is 0. The number of ether oxygens (including phenoxy) is 1. The van der Waals surface area contributed by atoms with Crippen molar-refractivity contribution >= 4 is 11.7 Å². The lowest BCUT2D eigenvalue weighted by atomic mass is 9.92. The van der Waals surface area contributed by atoms with Gasteiger partial charge in [-0.1, -0.05) is 25.0 Å². The molecule has 0 aliphatic heterocycles. The van der Waals surface area contributed by atoms with Crippen molar-refractivity contribution in [3.8, 4) is 5.75 Å². The molecule has 0 bridgehead atoms. The zero-order chi connectivity index (χ0) is 19.8. The van der Waals surface area contributed by atoms with Gasteiger partial charge in [-0.15, -0.1) is 0 Å². The molecule has 2 atom stereocenters. The van der Waals surface area contributed by atoms with E-state index in [1.165, 1.54) is 5.56 Å². The summed E-state index contributed by atoms with van der Waals surface area (Å²) in [6, 6.07) is 11.6. The molecule has 1 amide bonds. The first-order valence-corrected chi connectivity index (χ1v) is 9.97. The van der Waals surface area contributed by atoms with Crippen molar-refractivity contribution in [2.45, 2.75) is 50.7 Å². The summed E-state index contributed by atoms with van der Waals surface area (Å²) in [5.41, 5.74) is 1.76. The van der Waals surface area contributed by atoms with E-state index in [9.17, 15) is 9.90 Å². The van der Waals surface area contributed by atoms with Gasteiger partial charge in [-0.3, -0.25) is 4.79 Å². The quantitative estimate of drug-likeness (QED) is 0.610. The molecule has 1 aliphatic rings. The zero-order valence-electron chi connectivity index (χ0n) is 16.4. The summed E-state index contributed by atoms with van der Waals surface area (Å²) in [5.74, 6) is 1.42. The van der Waals surface area contributed by atoms with Crippen LogP contribution in [0.15, 0.2) is 42.6 Å². The number of carbonyl (C=O) groups excluding carboxylic acids is 1. The van der Waals surface area contributed by atoms with Crippen molar-refractivity contribution in [2.24, 2.45) is 0 Å². The van der Waals surface area contributed by atoms with Crippen molar-refractivity contribution in [3.05, 3.63) is 53.7 Å². The normalized spacial score (nSPS) is 19.1. The van der Waals surface area contributed by atoms with Gasteiger partial charge >= 0.3 is 0 Å². The molecular formula is C22H29N3O3. The first-order chi connectivity index (χ1) is 13.7. The number of anilines is 1.